The van der Waals surface area contributed by atoms with E-state index < -0.39 is 0 Å². The molecule has 2 aromatic carbocycles. The number of hydrogen-bond acceptors (Lipinski definition) is 2. The van der Waals surface area contributed by atoms with Gasteiger partial charge in [-0.05, 0) is 85.7 Å². The Hall–Kier alpha value is -2.66. The van der Waals surface area contributed by atoms with Gasteiger partial charge in [-0.15, -0.1) is 0 Å². The van der Waals surface area contributed by atoms with E-state index in [2.05, 4.69) is 10.3 Å². The van der Waals surface area contributed by atoms with Gasteiger partial charge in [-0.2, -0.15) is 0 Å². The minimum Gasteiger partial charge on any atom is -0.315 e. The lowest BCUT2D eigenvalue weighted by Crippen LogP contribution is -2.30. The highest BCUT2D eigenvalue weighted by Gasteiger charge is 2.56. The molecule has 2 heterocycles. The number of amides is 2. The van der Waals surface area contributed by atoms with Crippen molar-refractivity contribution in [3.05, 3.63) is 71.1 Å². The quantitative estimate of drug-likeness (QED) is 0.530. The zero-order valence-corrected chi connectivity index (χ0v) is 16.6. The Morgan fingerprint density at radius 3 is 2.66 bits per heavy atom. The second-order valence-electron chi connectivity index (χ2n) is 8.08. The van der Waals surface area contributed by atoms with E-state index in [1.54, 1.807) is 36.4 Å². The number of carbonyl (C=O) groups is 1. The molecular weight excluding hydrogens is 389 g/mol. The summed E-state index contributed by atoms with van der Waals surface area (Å²) in [5, 5.41) is 4.50. The molecule has 0 bridgehead atoms. The maximum atomic E-state index is 13.8. The highest BCUT2D eigenvalue weighted by molar-refractivity contribution is 6.30. The van der Waals surface area contributed by atoms with E-state index in [0.717, 1.165) is 48.8 Å². The molecule has 1 aliphatic carbocycles. The van der Waals surface area contributed by atoms with Gasteiger partial charge < -0.3 is 10.2 Å². The zero-order chi connectivity index (χ0) is 20.0. The smallest absolute Gasteiger partial charge is 0.315 e. The van der Waals surface area contributed by atoms with Crippen molar-refractivity contribution in [3.8, 4) is 0 Å². The Labute approximate surface area is 173 Å². The summed E-state index contributed by atoms with van der Waals surface area (Å²) in [6, 6.07) is 13.9. The van der Waals surface area contributed by atoms with Crippen LogP contribution in [0.2, 0.25) is 5.02 Å². The van der Waals surface area contributed by atoms with Crippen LogP contribution in [0.1, 0.15) is 37.2 Å². The minimum atomic E-state index is -0.230. The number of aromatic nitrogens is 1. The molecule has 3 aromatic rings. The summed E-state index contributed by atoms with van der Waals surface area (Å²) in [6.07, 6.45) is 5.71. The SMILES string of the molecule is O=C(Nc1ccc(Cl)cc1)N1CC12CCC(c1ccnc3ccc(F)cc13)CC2. The fourth-order valence-electron chi connectivity index (χ4n) is 4.66. The van der Waals surface area contributed by atoms with Crippen molar-refractivity contribution in [2.24, 2.45) is 0 Å². The number of halogens is 2. The van der Waals surface area contributed by atoms with Crippen LogP contribution in [0.3, 0.4) is 0 Å². The molecule has 1 saturated carbocycles. The number of urea groups is 1. The van der Waals surface area contributed by atoms with Gasteiger partial charge >= 0.3 is 6.03 Å². The molecule has 1 aromatic heterocycles. The lowest BCUT2D eigenvalue weighted by Gasteiger charge is -2.30. The fraction of sp³-hybridized carbons (Fsp3) is 0.304. The van der Waals surface area contributed by atoms with Crippen LogP contribution in [0.4, 0.5) is 14.9 Å². The molecule has 148 valence electrons. The van der Waals surface area contributed by atoms with Crippen LogP contribution in [0, 0.1) is 5.82 Å². The predicted octanol–water partition coefficient (Wildman–Crippen LogP) is 5.97. The van der Waals surface area contributed by atoms with Gasteiger partial charge in [0.1, 0.15) is 5.82 Å². The van der Waals surface area contributed by atoms with Gasteiger partial charge in [0.15, 0.2) is 0 Å². The van der Waals surface area contributed by atoms with E-state index in [-0.39, 0.29) is 17.4 Å². The summed E-state index contributed by atoms with van der Waals surface area (Å²) >= 11 is 5.90. The molecule has 5 rings (SSSR count). The summed E-state index contributed by atoms with van der Waals surface area (Å²) in [7, 11) is 0. The van der Waals surface area contributed by atoms with Gasteiger partial charge in [0.2, 0.25) is 0 Å². The van der Waals surface area contributed by atoms with Gasteiger partial charge in [-0.1, -0.05) is 11.6 Å². The monoisotopic (exact) mass is 409 g/mol. The van der Waals surface area contributed by atoms with E-state index >= 15 is 0 Å². The predicted molar refractivity (Wildman–Crippen MR) is 113 cm³/mol. The lowest BCUT2D eigenvalue weighted by atomic mass is 9.77. The van der Waals surface area contributed by atoms with Crippen molar-refractivity contribution in [2.45, 2.75) is 37.1 Å². The highest BCUT2D eigenvalue weighted by atomic mass is 35.5. The van der Waals surface area contributed by atoms with E-state index in [1.807, 2.05) is 17.2 Å². The molecule has 4 nitrogen and oxygen atoms in total. The molecule has 6 heteroatoms. The topological polar surface area (TPSA) is 45.0 Å². The molecule has 1 spiro atoms. The number of rotatable bonds is 2. The van der Waals surface area contributed by atoms with Crippen molar-refractivity contribution in [3.63, 3.8) is 0 Å². The van der Waals surface area contributed by atoms with E-state index in [4.69, 9.17) is 11.6 Å². The van der Waals surface area contributed by atoms with E-state index in [9.17, 15) is 9.18 Å². The Morgan fingerprint density at radius 2 is 1.90 bits per heavy atom. The van der Waals surface area contributed by atoms with Crippen molar-refractivity contribution in [2.75, 3.05) is 11.9 Å². The Bertz CT molecular complexity index is 1080. The first-order valence-corrected chi connectivity index (χ1v) is 10.3. The number of pyridine rings is 1. The molecule has 2 amide bonds. The molecule has 0 unspecified atom stereocenters. The third-order valence-electron chi connectivity index (χ3n) is 6.36. The zero-order valence-electron chi connectivity index (χ0n) is 15.9. The fourth-order valence-corrected chi connectivity index (χ4v) is 4.79. The number of carbonyl (C=O) groups excluding carboxylic acids is 1. The lowest BCUT2D eigenvalue weighted by molar-refractivity contribution is 0.225. The number of benzene rings is 2. The highest BCUT2D eigenvalue weighted by Crippen LogP contribution is 2.50. The van der Waals surface area contributed by atoms with Gasteiger partial charge in [0.25, 0.3) is 0 Å². The normalized spacial score (nSPS) is 23.4. The summed E-state index contributed by atoms with van der Waals surface area (Å²) in [6.45, 7) is 0.796. The summed E-state index contributed by atoms with van der Waals surface area (Å²) in [5.41, 5.74) is 2.73. The van der Waals surface area contributed by atoms with Crippen LogP contribution >= 0.6 is 11.6 Å². The Morgan fingerprint density at radius 1 is 1.14 bits per heavy atom. The van der Waals surface area contributed by atoms with E-state index in [1.165, 1.54) is 11.6 Å². The summed E-state index contributed by atoms with van der Waals surface area (Å²) < 4.78 is 13.8. The average Bonchev–Trinajstić information content (AvgIpc) is 3.43. The average molecular weight is 410 g/mol. The Kier molecular flexibility index (Phi) is 4.43. The van der Waals surface area contributed by atoms with Crippen molar-refractivity contribution < 1.29 is 9.18 Å². The third-order valence-corrected chi connectivity index (χ3v) is 6.61. The van der Waals surface area contributed by atoms with E-state index in [0.29, 0.717) is 10.9 Å². The molecule has 2 aliphatic rings. The van der Waals surface area contributed by atoms with Gasteiger partial charge in [0, 0.05) is 28.8 Å². The number of fused-ring (bicyclic) bond motifs is 1. The largest absolute Gasteiger partial charge is 0.322 e. The first kappa shape index (κ1) is 18.4. The van der Waals surface area contributed by atoms with Crippen LogP contribution in [0.5, 0.6) is 0 Å². The van der Waals surface area contributed by atoms with Gasteiger partial charge in [-0.3, -0.25) is 4.98 Å². The molecule has 1 N–H and O–H groups in total. The minimum absolute atomic E-state index is 0.0267. The third kappa shape index (κ3) is 3.44. The van der Waals surface area contributed by atoms with Crippen molar-refractivity contribution in [1.82, 2.24) is 9.88 Å². The van der Waals surface area contributed by atoms with Crippen LogP contribution in [-0.2, 0) is 0 Å². The number of nitrogens with zero attached hydrogens (tertiary/aromatic N) is 2. The summed E-state index contributed by atoms with van der Waals surface area (Å²) in [5.74, 6) is 0.140. The summed E-state index contributed by atoms with van der Waals surface area (Å²) in [4.78, 5) is 18.9. The van der Waals surface area contributed by atoms with Crippen molar-refractivity contribution in [1.29, 1.82) is 0 Å². The Balaban J connectivity index is 1.26. The molecule has 1 aliphatic heterocycles. The first-order valence-electron chi connectivity index (χ1n) is 9.92. The molecule has 2 fully saturated rings. The molecular formula is C23H21ClFN3O. The number of nitrogens with one attached hydrogen (secondary N) is 1. The molecule has 1 saturated heterocycles. The van der Waals surface area contributed by atoms with Crippen LogP contribution in [0.25, 0.3) is 10.9 Å². The van der Waals surface area contributed by atoms with Crippen LogP contribution in [0.15, 0.2) is 54.7 Å². The van der Waals surface area contributed by atoms with Gasteiger partial charge in [0.05, 0.1) is 11.1 Å². The maximum Gasteiger partial charge on any atom is 0.322 e. The maximum absolute atomic E-state index is 13.8. The first-order chi connectivity index (χ1) is 14.0. The standard InChI is InChI=1S/C23H21ClFN3O/c24-16-1-4-18(5-2-16)27-22(29)28-14-23(28)10-7-15(8-11-23)19-9-12-26-21-6-3-17(25)13-20(19)21/h1-6,9,12-13,15H,7-8,10-11,14H2,(H,27,29). The molecule has 29 heavy (non-hydrogen) atoms. The second-order valence-corrected chi connectivity index (χ2v) is 8.52. The number of hydrogen-bond donors (Lipinski definition) is 1. The molecule has 0 radical (unpaired) electrons. The van der Waals surface area contributed by atoms with Gasteiger partial charge in [-0.25, -0.2) is 9.18 Å². The van der Waals surface area contributed by atoms with Crippen LogP contribution in [-0.4, -0.2) is 28.0 Å². The van der Waals surface area contributed by atoms with Crippen molar-refractivity contribution >= 4 is 34.2 Å². The van der Waals surface area contributed by atoms with Crippen LogP contribution < -0.4 is 5.32 Å². The second kappa shape index (κ2) is 6.99. The number of anilines is 1. The molecule has 0 atom stereocenters.